The van der Waals surface area contributed by atoms with E-state index in [1.54, 1.807) is 25.3 Å². The highest BCUT2D eigenvalue weighted by molar-refractivity contribution is 6.02. The molecule has 0 aliphatic heterocycles. The van der Waals surface area contributed by atoms with E-state index in [1.807, 2.05) is 26.0 Å². The zero-order valence-corrected chi connectivity index (χ0v) is 16.1. The van der Waals surface area contributed by atoms with Crippen LogP contribution in [0.25, 0.3) is 10.8 Å². The summed E-state index contributed by atoms with van der Waals surface area (Å²) in [6, 6.07) is 8.69. The number of amides is 1. The van der Waals surface area contributed by atoms with Crippen molar-refractivity contribution in [3.8, 4) is 23.0 Å². The van der Waals surface area contributed by atoms with E-state index < -0.39 is 18.4 Å². The van der Waals surface area contributed by atoms with E-state index in [4.69, 9.17) is 14.6 Å². The van der Waals surface area contributed by atoms with Gasteiger partial charge >= 0.3 is 5.97 Å². The molecule has 2 aromatic carbocycles. The van der Waals surface area contributed by atoms with Gasteiger partial charge in [0.2, 0.25) is 0 Å². The minimum absolute atomic E-state index is 0.242. The average molecular weight is 396 g/mol. The first kappa shape index (κ1) is 19.9. The van der Waals surface area contributed by atoms with Crippen molar-refractivity contribution < 1.29 is 29.3 Å². The van der Waals surface area contributed by atoms with E-state index in [0.29, 0.717) is 22.3 Å². The topological polar surface area (TPSA) is 118 Å². The Hall–Kier alpha value is -3.81. The predicted octanol–water partition coefficient (Wildman–Crippen LogP) is 3.17. The van der Waals surface area contributed by atoms with Gasteiger partial charge < -0.3 is 25.0 Å². The van der Waals surface area contributed by atoms with Crippen LogP contribution in [0.2, 0.25) is 0 Å². The summed E-state index contributed by atoms with van der Waals surface area (Å²) in [6.07, 6.45) is 1.42. The molecule has 1 amide bonds. The predicted molar refractivity (Wildman–Crippen MR) is 106 cm³/mol. The Kier molecular flexibility index (Phi) is 5.54. The lowest BCUT2D eigenvalue weighted by Crippen LogP contribution is -2.29. The molecule has 150 valence electrons. The number of carboxylic acids is 1. The third kappa shape index (κ3) is 4.21. The second kappa shape index (κ2) is 8.05. The molecule has 0 unspecified atom stereocenters. The molecule has 29 heavy (non-hydrogen) atoms. The number of carbonyl (C=O) groups is 2. The molecule has 0 saturated carbocycles. The van der Waals surface area contributed by atoms with Crippen molar-refractivity contribution in [3.63, 3.8) is 0 Å². The number of benzene rings is 2. The molecule has 0 saturated heterocycles. The molecular formula is C21H20N2O6. The number of nitrogens with one attached hydrogen (secondary N) is 1. The summed E-state index contributed by atoms with van der Waals surface area (Å²) in [7, 11) is 1.62. The summed E-state index contributed by atoms with van der Waals surface area (Å²) in [6.45, 7) is 3.29. The maximum atomic E-state index is 12.0. The second-order valence-electron chi connectivity index (χ2n) is 6.47. The van der Waals surface area contributed by atoms with Crippen LogP contribution in [0.1, 0.15) is 21.6 Å². The largest absolute Gasteiger partial charge is 0.505 e. The van der Waals surface area contributed by atoms with E-state index in [9.17, 15) is 14.7 Å². The molecule has 1 heterocycles. The number of nitrogens with zero attached hydrogens (tertiary/aromatic N) is 1. The minimum atomic E-state index is -1.19. The van der Waals surface area contributed by atoms with Crippen molar-refractivity contribution in [1.82, 2.24) is 10.3 Å². The normalized spacial score (nSPS) is 10.6. The summed E-state index contributed by atoms with van der Waals surface area (Å²) in [4.78, 5) is 26.5. The van der Waals surface area contributed by atoms with Gasteiger partial charge in [-0.3, -0.25) is 9.59 Å². The summed E-state index contributed by atoms with van der Waals surface area (Å²) >= 11 is 0. The summed E-state index contributed by atoms with van der Waals surface area (Å²) < 4.78 is 11.3. The fourth-order valence-electron chi connectivity index (χ4n) is 3.08. The molecule has 3 aromatic rings. The Bertz CT molecular complexity index is 1090. The molecular weight excluding hydrogens is 376 g/mol. The van der Waals surface area contributed by atoms with Crippen molar-refractivity contribution in [3.05, 3.63) is 53.3 Å². The molecule has 0 atom stereocenters. The maximum absolute atomic E-state index is 12.0. The lowest BCUT2D eigenvalue weighted by atomic mass is 10.1. The van der Waals surface area contributed by atoms with E-state index >= 15 is 0 Å². The SMILES string of the molecule is COc1c(C)cc(Oc2ccc3c(O)c(C(=O)NCC(=O)O)ncc3c2)cc1C. The number of hydrogen-bond acceptors (Lipinski definition) is 6. The number of aryl methyl sites for hydroxylation is 2. The number of aromatic hydroxyl groups is 1. The van der Waals surface area contributed by atoms with Crippen LogP contribution in [0.15, 0.2) is 36.5 Å². The van der Waals surface area contributed by atoms with Gasteiger partial charge in [-0.05, 0) is 55.3 Å². The summed E-state index contributed by atoms with van der Waals surface area (Å²) in [5, 5.41) is 22.2. The van der Waals surface area contributed by atoms with Gasteiger partial charge in [0.15, 0.2) is 11.4 Å². The molecule has 0 aliphatic rings. The third-order valence-corrected chi connectivity index (χ3v) is 4.32. The molecule has 0 fully saturated rings. The fraction of sp³-hybridized carbons (Fsp3) is 0.190. The number of aromatic nitrogens is 1. The number of pyridine rings is 1. The van der Waals surface area contributed by atoms with Crippen LogP contribution in [0.4, 0.5) is 0 Å². The van der Waals surface area contributed by atoms with Crippen molar-refractivity contribution in [1.29, 1.82) is 0 Å². The number of rotatable bonds is 6. The smallest absolute Gasteiger partial charge is 0.322 e. The van der Waals surface area contributed by atoms with E-state index in [-0.39, 0.29) is 11.4 Å². The van der Waals surface area contributed by atoms with Crippen molar-refractivity contribution in [2.75, 3.05) is 13.7 Å². The third-order valence-electron chi connectivity index (χ3n) is 4.32. The van der Waals surface area contributed by atoms with Crippen molar-refractivity contribution >= 4 is 22.6 Å². The Morgan fingerprint density at radius 1 is 1.10 bits per heavy atom. The van der Waals surface area contributed by atoms with Gasteiger partial charge in [0, 0.05) is 17.0 Å². The Labute approximate surface area is 166 Å². The molecule has 8 nitrogen and oxygen atoms in total. The molecule has 0 radical (unpaired) electrons. The van der Waals surface area contributed by atoms with Gasteiger partial charge in [-0.25, -0.2) is 4.98 Å². The highest BCUT2D eigenvalue weighted by Gasteiger charge is 2.17. The highest BCUT2D eigenvalue weighted by Crippen LogP contribution is 2.34. The number of carbonyl (C=O) groups excluding carboxylic acids is 1. The number of aliphatic carboxylic acids is 1. The number of fused-ring (bicyclic) bond motifs is 1. The molecule has 0 spiro atoms. The first-order chi connectivity index (χ1) is 13.8. The maximum Gasteiger partial charge on any atom is 0.322 e. The number of carboxylic acid groups (broad SMARTS) is 1. The van der Waals surface area contributed by atoms with E-state index in [1.165, 1.54) is 6.20 Å². The number of ether oxygens (including phenoxy) is 2. The Morgan fingerprint density at radius 3 is 2.41 bits per heavy atom. The fourth-order valence-corrected chi connectivity index (χ4v) is 3.08. The first-order valence-corrected chi connectivity index (χ1v) is 8.75. The minimum Gasteiger partial charge on any atom is -0.505 e. The Morgan fingerprint density at radius 2 is 1.79 bits per heavy atom. The van der Waals surface area contributed by atoms with Gasteiger partial charge in [0.1, 0.15) is 23.8 Å². The molecule has 0 bridgehead atoms. The quantitative estimate of drug-likeness (QED) is 0.586. The van der Waals surface area contributed by atoms with Crippen LogP contribution in [0.5, 0.6) is 23.0 Å². The monoisotopic (exact) mass is 396 g/mol. The van der Waals surface area contributed by atoms with Crippen LogP contribution in [0, 0.1) is 13.8 Å². The Balaban J connectivity index is 1.89. The van der Waals surface area contributed by atoms with E-state index in [2.05, 4.69) is 10.3 Å². The second-order valence-corrected chi connectivity index (χ2v) is 6.47. The average Bonchev–Trinajstić information content (AvgIpc) is 2.66. The molecule has 3 N–H and O–H groups in total. The van der Waals surface area contributed by atoms with Crippen molar-refractivity contribution in [2.45, 2.75) is 13.8 Å². The standard InChI is InChI=1S/C21H20N2O6/c1-11-6-15(7-12(2)20(11)28-3)29-14-4-5-16-13(8-14)9-22-18(19(16)26)21(27)23-10-17(24)25/h4-9,26H,10H2,1-3H3,(H,23,27)(H,24,25). The molecule has 3 rings (SSSR count). The zero-order valence-electron chi connectivity index (χ0n) is 16.1. The van der Waals surface area contributed by atoms with Crippen LogP contribution < -0.4 is 14.8 Å². The van der Waals surface area contributed by atoms with Crippen LogP contribution >= 0.6 is 0 Å². The molecule has 1 aromatic heterocycles. The first-order valence-electron chi connectivity index (χ1n) is 8.75. The lowest BCUT2D eigenvalue weighted by molar-refractivity contribution is -0.135. The van der Waals surface area contributed by atoms with E-state index in [0.717, 1.165) is 16.9 Å². The highest BCUT2D eigenvalue weighted by atomic mass is 16.5. The van der Waals surface area contributed by atoms with Crippen LogP contribution in [-0.2, 0) is 4.79 Å². The molecule has 8 heteroatoms. The van der Waals surface area contributed by atoms with Gasteiger partial charge in [0.25, 0.3) is 5.91 Å². The van der Waals surface area contributed by atoms with Gasteiger partial charge in [-0.1, -0.05) is 0 Å². The number of hydrogen-bond donors (Lipinski definition) is 3. The van der Waals surface area contributed by atoms with Gasteiger partial charge in [0.05, 0.1) is 7.11 Å². The summed E-state index contributed by atoms with van der Waals surface area (Å²) in [5.41, 5.74) is 1.65. The number of methoxy groups -OCH3 is 1. The summed E-state index contributed by atoms with van der Waals surface area (Å²) in [5.74, 6) is -0.305. The van der Waals surface area contributed by atoms with Crippen LogP contribution in [-0.4, -0.2) is 40.7 Å². The molecule has 0 aliphatic carbocycles. The lowest BCUT2D eigenvalue weighted by Gasteiger charge is -2.13. The van der Waals surface area contributed by atoms with Gasteiger partial charge in [-0.2, -0.15) is 0 Å². The van der Waals surface area contributed by atoms with Gasteiger partial charge in [-0.15, -0.1) is 0 Å². The van der Waals surface area contributed by atoms with Crippen molar-refractivity contribution in [2.24, 2.45) is 0 Å². The van der Waals surface area contributed by atoms with Crippen LogP contribution in [0.3, 0.4) is 0 Å². The zero-order chi connectivity index (χ0) is 21.1.